The van der Waals surface area contributed by atoms with Gasteiger partial charge >= 0.3 is 6.18 Å². The van der Waals surface area contributed by atoms with Gasteiger partial charge in [0, 0.05) is 72.8 Å². The number of aromatic nitrogens is 5. The third kappa shape index (κ3) is 5.11. The first-order valence-corrected chi connectivity index (χ1v) is 12.7. The molecule has 0 radical (unpaired) electrons. The van der Waals surface area contributed by atoms with Crippen LogP contribution in [-0.4, -0.2) is 49.4 Å². The molecule has 0 bridgehead atoms. The molecule has 39 heavy (non-hydrogen) atoms. The Morgan fingerprint density at radius 1 is 1.10 bits per heavy atom. The minimum atomic E-state index is -4.37. The summed E-state index contributed by atoms with van der Waals surface area (Å²) >= 11 is 0. The minimum Gasteiger partial charge on any atom is -0.357 e. The van der Waals surface area contributed by atoms with Crippen molar-refractivity contribution in [2.75, 3.05) is 18.0 Å². The van der Waals surface area contributed by atoms with Gasteiger partial charge in [-0.3, -0.25) is 9.48 Å². The average Bonchev–Trinajstić information content (AvgIpc) is 3.54. The van der Waals surface area contributed by atoms with E-state index in [1.165, 1.54) is 6.20 Å². The molecular weight excluding hydrogens is 507 g/mol. The molecule has 1 aliphatic rings. The Bertz CT molecular complexity index is 1550. The molecule has 5 heterocycles. The van der Waals surface area contributed by atoms with Gasteiger partial charge in [-0.1, -0.05) is 13.8 Å². The lowest BCUT2D eigenvalue weighted by Crippen LogP contribution is -2.44. The van der Waals surface area contributed by atoms with E-state index in [9.17, 15) is 23.2 Å². The first-order chi connectivity index (χ1) is 18.5. The van der Waals surface area contributed by atoms with Crippen LogP contribution in [0.4, 0.5) is 19.0 Å². The number of pyridine rings is 2. The number of piperidine rings is 1. The topological polar surface area (TPSA) is 92.1 Å². The standard InChI is InChI=1S/C28H28F3N7O/c1-18(28(29,30)31)10-24(39)27(2)6-8-37(9-7-27)25-5-4-19(13-33-25)23-11-20(22-15-34-36(3)16-22)17-38-26(23)21(12-32)14-35-38/h4-5,11,13-18H,6-10H2,1-3H3/t18-/m0/s1. The van der Waals surface area contributed by atoms with E-state index in [0.717, 1.165) is 35.0 Å². The van der Waals surface area contributed by atoms with Crippen molar-refractivity contribution < 1.29 is 18.0 Å². The predicted molar refractivity (Wildman–Crippen MR) is 140 cm³/mol. The number of hydrogen-bond acceptors (Lipinski definition) is 6. The van der Waals surface area contributed by atoms with Crippen LogP contribution in [0.15, 0.2) is 49.2 Å². The number of halogens is 3. The highest BCUT2D eigenvalue weighted by Gasteiger charge is 2.42. The number of Topliss-reactive ketones (excluding diaryl/α,β-unsaturated/α-hetero) is 1. The van der Waals surface area contributed by atoms with E-state index < -0.39 is 23.9 Å². The van der Waals surface area contributed by atoms with Gasteiger partial charge in [0.15, 0.2) is 0 Å². The van der Waals surface area contributed by atoms with Crippen LogP contribution >= 0.6 is 0 Å². The number of aryl methyl sites for hydroxylation is 1. The molecule has 11 heteroatoms. The Labute approximate surface area is 223 Å². The summed E-state index contributed by atoms with van der Waals surface area (Å²) in [5.41, 5.74) is 3.78. The number of carbonyl (C=O) groups is 1. The van der Waals surface area contributed by atoms with E-state index in [1.807, 2.05) is 42.5 Å². The highest BCUT2D eigenvalue weighted by Crippen LogP contribution is 2.38. The second kappa shape index (κ2) is 9.84. The van der Waals surface area contributed by atoms with Crippen LogP contribution in [0, 0.1) is 22.7 Å². The van der Waals surface area contributed by atoms with Gasteiger partial charge in [-0.2, -0.15) is 28.6 Å². The maximum atomic E-state index is 13.0. The van der Waals surface area contributed by atoms with Gasteiger partial charge in [0.2, 0.25) is 0 Å². The number of nitriles is 1. The SMILES string of the molecule is C[C@@H](CC(=O)C1(C)CCN(c2ccc(-c3cc(-c4cnn(C)c4)cn4ncc(C#N)c34)cn2)CC1)C(F)(F)F. The lowest BCUT2D eigenvalue weighted by Gasteiger charge is -2.39. The molecule has 4 aromatic rings. The minimum absolute atomic E-state index is 0.332. The third-order valence-electron chi connectivity index (χ3n) is 7.74. The van der Waals surface area contributed by atoms with E-state index in [2.05, 4.69) is 21.3 Å². The molecule has 1 saturated heterocycles. The summed E-state index contributed by atoms with van der Waals surface area (Å²) in [6.45, 7) is 3.88. The highest BCUT2D eigenvalue weighted by molar-refractivity contribution is 5.87. The van der Waals surface area contributed by atoms with Gasteiger partial charge in [0.25, 0.3) is 0 Å². The molecule has 4 aromatic heterocycles. The molecule has 0 spiro atoms. The fraction of sp³-hybridized carbons (Fsp3) is 0.393. The summed E-state index contributed by atoms with van der Waals surface area (Å²) in [5, 5.41) is 18.3. The summed E-state index contributed by atoms with van der Waals surface area (Å²) in [5.74, 6) is -1.25. The zero-order valence-electron chi connectivity index (χ0n) is 21.9. The van der Waals surface area contributed by atoms with E-state index in [4.69, 9.17) is 0 Å². The van der Waals surface area contributed by atoms with Crippen molar-refractivity contribution in [3.63, 3.8) is 0 Å². The molecule has 5 rings (SSSR count). The van der Waals surface area contributed by atoms with Crippen LogP contribution < -0.4 is 4.90 Å². The molecule has 1 atom stereocenters. The van der Waals surface area contributed by atoms with Crippen LogP contribution in [0.2, 0.25) is 0 Å². The number of fused-ring (bicyclic) bond motifs is 1. The van der Waals surface area contributed by atoms with Gasteiger partial charge in [-0.25, -0.2) is 9.50 Å². The average molecular weight is 536 g/mol. The number of nitrogens with zero attached hydrogens (tertiary/aromatic N) is 7. The van der Waals surface area contributed by atoms with Gasteiger partial charge in [0.05, 0.1) is 29.4 Å². The van der Waals surface area contributed by atoms with E-state index in [-0.39, 0.29) is 5.78 Å². The van der Waals surface area contributed by atoms with Gasteiger partial charge in [-0.15, -0.1) is 0 Å². The van der Waals surface area contributed by atoms with Crippen molar-refractivity contribution in [3.05, 3.63) is 54.7 Å². The number of alkyl halides is 3. The second-order valence-electron chi connectivity index (χ2n) is 10.5. The Morgan fingerprint density at radius 2 is 1.85 bits per heavy atom. The number of anilines is 1. The van der Waals surface area contributed by atoms with E-state index in [0.29, 0.717) is 37.0 Å². The normalized spacial score (nSPS) is 16.3. The molecule has 1 fully saturated rings. The Kier molecular flexibility index (Phi) is 6.66. The van der Waals surface area contributed by atoms with Crippen molar-refractivity contribution >= 4 is 17.1 Å². The molecule has 202 valence electrons. The van der Waals surface area contributed by atoms with Gasteiger partial charge in [0.1, 0.15) is 17.7 Å². The van der Waals surface area contributed by atoms with Crippen LogP contribution in [0.1, 0.15) is 38.7 Å². The van der Waals surface area contributed by atoms with Crippen molar-refractivity contribution in [1.82, 2.24) is 24.4 Å². The van der Waals surface area contributed by atoms with Crippen molar-refractivity contribution in [1.29, 1.82) is 5.26 Å². The van der Waals surface area contributed by atoms with Crippen LogP contribution in [0.3, 0.4) is 0 Å². The van der Waals surface area contributed by atoms with Crippen molar-refractivity contribution in [2.24, 2.45) is 18.4 Å². The van der Waals surface area contributed by atoms with Crippen LogP contribution in [0.25, 0.3) is 27.8 Å². The number of rotatable bonds is 6. The van der Waals surface area contributed by atoms with E-state index in [1.54, 1.807) is 28.5 Å². The molecule has 0 N–H and O–H groups in total. The summed E-state index contributed by atoms with van der Waals surface area (Å²) in [6, 6.07) is 8.02. The summed E-state index contributed by atoms with van der Waals surface area (Å²) < 4.78 is 42.3. The fourth-order valence-corrected chi connectivity index (χ4v) is 5.03. The zero-order valence-corrected chi connectivity index (χ0v) is 21.9. The first kappa shape index (κ1) is 26.4. The maximum absolute atomic E-state index is 13.0. The molecule has 0 amide bonds. The Hall–Kier alpha value is -4.20. The molecule has 0 saturated carbocycles. The van der Waals surface area contributed by atoms with Crippen LogP contribution in [-0.2, 0) is 11.8 Å². The first-order valence-electron chi connectivity index (χ1n) is 12.7. The lowest BCUT2D eigenvalue weighted by molar-refractivity contribution is -0.175. The fourth-order valence-electron chi connectivity index (χ4n) is 5.03. The number of hydrogen-bond donors (Lipinski definition) is 0. The van der Waals surface area contributed by atoms with Crippen LogP contribution in [0.5, 0.6) is 0 Å². The Morgan fingerprint density at radius 3 is 2.44 bits per heavy atom. The maximum Gasteiger partial charge on any atom is 0.391 e. The molecule has 0 unspecified atom stereocenters. The van der Waals surface area contributed by atoms with Crippen molar-refractivity contribution in [2.45, 2.75) is 39.3 Å². The quantitative estimate of drug-likeness (QED) is 0.327. The second-order valence-corrected chi connectivity index (χ2v) is 10.5. The smallest absolute Gasteiger partial charge is 0.357 e. The third-order valence-corrected chi connectivity index (χ3v) is 7.74. The van der Waals surface area contributed by atoms with Gasteiger partial charge < -0.3 is 4.90 Å². The van der Waals surface area contributed by atoms with E-state index >= 15 is 0 Å². The lowest BCUT2D eigenvalue weighted by atomic mass is 9.74. The zero-order chi connectivity index (χ0) is 27.9. The Balaban J connectivity index is 1.37. The molecule has 0 aliphatic carbocycles. The largest absolute Gasteiger partial charge is 0.391 e. The summed E-state index contributed by atoms with van der Waals surface area (Å²) in [7, 11) is 1.84. The molecular formula is C28H28F3N7O. The molecule has 8 nitrogen and oxygen atoms in total. The number of ketones is 1. The molecule has 1 aliphatic heterocycles. The monoisotopic (exact) mass is 535 g/mol. The summed E-state index contributed by atoms with van der Waals surface area (Å²) in [4.78, 5) is 19.4. The van der Waals surface area contributed by atoms with Gasteiger partial charge in [-0.05, 0) is 31.0 Å². The molecule has 0 aromatic carbocycles. The van der Waals surface area contributed by atoms with Crippen molar-refractivity contribution in [3.8, 4) is 28.3 Å². The highest BCUT2D eigenvalue weighted by atomic mass is 19.4. The summed E-state index contributed by atoms with van der Waals surface area (Å²) in [6.07, 6.45) is 4.89. The predicted octanol–water partition coefficient (Wildman–Crippen LogP) is 5.43. The number of carbonyl (C=O) groups excluding carboxylic acids is 1.